The zero-order chi connectivity index (χ0) is 13.7. The number of carbonyl (C=O) groups is 1. The van der Waals surface area contributed by atoms with Crippen molar-refractivity contribution in [3.8, 4) is 0 Å². The van der Waals surface area contributed by atoms with Crippen molar-refractivity contribution in [3.05, 3.63) is 23.9 Å². The fraction of sp³-hybridized carbons (Fsp3) is 0.600. The second kappa shape index (κ2) is 6.55. The Morgan fingerprint density at radius 1 is 1.37 bits per heavy atom. The van der Waals surface area contributed by atoms with Crippen LogP contribution < -0.4 is 10.6 Å². The van der Waals surface area contributed by atoms with E-state index in [1.54, 1.807) is 6.20 Å². The molecule has 0 spiro atoms. The second-order valence-electron chi connectivity index (χ2n) is 5.22. The third-order valence-corrected chi connectivity index (χ3v) is 3.48. The lowest BCUT2D eigenvalue weighted by Gasteiger charge is -2.06. The molecule has 1 fully saturated rings. The Bertz CT molecular complexity index is 416. The van der Waals surface area contributed by atoms with E-state index in [4.69, 9.17) is 0 Å². The van der Waals surface area contributed by atoms with Crippen molar-refractivity contribution in [2.24, 2.45) is 5.92 Å². The summed E-state index contributed by atoms with van der Waals surface area (Å²) in [5.41, 5.74) is 0.643. The van der Waals surface area contributed by atoms with Gasteiger partial charge in [0.25, 0.3) is 5.91 Å². The number of nitrogens with one attached hydrogen (secondary N) is 2. The maximum atomic E-state index is 12.0. The number of pyridine rings is 1. The number of hydrogen-bond donors (Lipinski definition) is 2. The highest BCUT2D eigenvalue weighted by Gasteiger charge is 2.37. The van der Waals surface area contributed by atoms with Crippen LogP contribution in [0.1, 0.15) is 49.9 Å². The van der Waals surface area contributed by atoms with Crippen LogP contribution >= 0.6 is 0 Å². The third kappa shape index (κ3) is 3.94. The molecule has 0 saturated heterocycles. The van der Waals surface area contributed by atoms with E-state index in [-0.39, 0.29) is 5.91 Å². The summed E-state index contributed by atoms with van der Waals surface area (Å²) in [5.74, 6) is 1.51. The number of amides is 1. The molecule has 1 heterocycles. The second-order valence-corrected chi connectivity index (χ2v) is 5.22. The molecular formula is C15H23N3O. The van der Waals surface area contributed by atoms with Crippen LogP contribution in [0, 0.1) is 5.92 Å². The molecule has 0 aliphatic heterocycles. The molecule has 1 saturated carbocycles. The zero-order valence-corrected chi connectivity index (χ0v) is 11.8. The highest BCUT2D eigenvalue weighted by molar-refractivity contribution is 5.94. The van der Waals surface area contributed by atoms with Gasteiger partial charge in [0.05, 0.1) is 5.56 Å². The van der Waals surface area contributed by atoms with Crippen LogP contribution in [-0.4, -0.2) is 23.5 Å². The van der Waals surface area contributed by atoms with Crippen LogP contribution in [0.15, 0.2) is 18.3 Å². The molecule has 19 heavy (non-hydrogen) atoms. The molecule has 1 aliphatic carbocycles. The van der Waals surface area contributed by atoms with Gasteiger partial charge in [-0.05, 0) is 37.3 Å². The third-order valence-electron chi connectivity index (χ3n) is 3.48. The average molecular weight is 261 g/mol. The maximum Gasteiger partial charge on any atom is 0.253 e. The quantitative estimate of drug-likeness (QED) is 0.793. The first-order valence-electron chi connectivity index (χ1n) is 7.25. The molecule has 1 aromatic heterocycles. The molecule has 2 unspecified atom stereocenters. The Labute approximate surface area is 115 Å². The van der Waals surface area contributed by atoms with Crippen LogP contribution in [0.2, 0.25) is 0 Å². The molecule has 0 aromatic carbocycles. The highest BCUT2D eigenvalue weighted by atomic mass is 16.1. The van der Waals surface area contributed by atoms with E-state index in [2.05, 4.69) is 29.5 Å². The Balaban J connectivity index is 1.82. The van der Waals surface area contributed by atoms with E-state index in [9.17, 15) is 4.79 Å². The van der Waals surface area contributed by atoms with Crippen molar-refractivity contribution in [3.63, 3.8) is 0 Å². The fourth-order valence-electron chi connectivity index (χ4n) is 2.25. The zero-order valence-electron chi connectivity index (χ0n) is 11.8. The van der Waals surface area contributed by atoms with Gasteiger partial charge in [0.2, 0.25) is 0 Å². The number of aromatic nitrogens is 1. The summed E-state index contributed by atoms with van der Waals surface area (Å²) < 4.78 is 0. The number of hydrogen-bond acceptors (Lipinski definition) is 3. The van der Waals surface area contributed by atoms with Gasteiger partial charge >= 0.3 is 0 Å². The summed E-state index contributed by atoms with van der Waals surface area (Å²) in [4.78, 5) is 16.2. The van der Waals surface area contributed by atoms with Gasteiger partial charge in [-0.15, -0.1) is 0 Å². The van der Waals surface area contributed by atoms with Crippen LogP contribution in [-0.2, 0) is 0 Å². The molecule has 2 rings (SSSR count). The van der Waals surface area contributed by atoms with E-state index < -0.39 is 0 Å². The van der Waals surface area contributed by atoms with Crippen molar-refractivity contribution in [1.82, 2.24) is 10.3 Å². The standard InChI is InChI=1S/C15H23N3O/c1-3-5-11-9-13(11)18-15(19)12-6-7-14(17-10-12)16-8-4-2/h6-7,10-11,13H,3-5,8-9H2,1-2H3,(H,16,17)(H,18,19). The molecular weight excluding hydrogens is 238 g/mol. The molecule has 2 N–H and O–H groups in total. The largest absolute Gasteiger partial charge is 0.370 e. The SMILES string of the molecule is CCCNc1ccc(C(=O)NC2CC2CCC)cn1. The van der Waals surface area contributed by atoms with Crippen molar-refractivity contribution >= 4 is 11.7 Å². The first-order valence-corrected chi connectivity index (χ1v) is 7.25. The summed E-state index contributed by atoms with van der Waals surface area (Å²) in [6.45, 7) is 5.19. The fourth-order valence-corrected chi connectivity index (χ4v) is 2.25. The minimum absolute atomic E-state index is 0.00172. The van der Waals surface area contributed by atoms with E-state index in [1.165, 1.54) is 12.8 Å². The number of rotatable bonds is 7. The van der Waals surface area contributed by atoms with Crippen molar-refractivity contribution in [1.29, 1.82) is 0 Å². The van der Waals surface area contributed by atoms with E-state index >= 15 is 0 Å². The van der Waals surface area contributed by atoms with E-state index in [1.807, 2.05) is 12.1 Å². The number of anilines is 1. The molecule has 4 nitrogen and oxygen atoms in total. The van der Waals surface area contributed by atoms with Crippen molar-refractivity contribution in [2.75, 3.05) is 11.9 Å². The lowest BCUT2D eigenvalue weighted by Crippen LogP contribution is -2.26. The van der Waals surface area contributed by atoms with Gasteiger partial charge in [0, 0.05) is 18.8 Å². The first-order chi connectivity index (χ1) is 9.24. The Morgan fingerprint density at radius 3 is 2.84 bits per heavy atom. The topological polar surface area (TPSA) is 54.0 Å². The normalized spacial score (nSPS) is 20.9. The summed E-state index contributed by atoms with van der Waals surface area (Å²) >= 11 is 0. The van der Waals surface area contributed by atoms with Crippen LogP contribution in [0.3, 0.4) is 0 Å². The molecule has 2 atom stereocenters. The van der Waals surface area contributed by atoms with Crippen LogP contribution in [0.25, 0.3) is 0 Å². The smallest absolute Gasteiger partial charge is 0.253 e. The Kier molecular flexibility index (Phi) is 4.77. The van der Waals surface area contributed by atoms with Gasteiger partial charge in [-0.1, -0.05) is 20.3 Å². The molecule has 4 heteroatoms. The van der Waals surface area contributed by atoms with Gasteiger partial charge < -0.3 is 10.6 Å². The molecule has 104 valence electrons. The first kappa shape index (κ1) is 13.8. The van der Waals surface area contributed by atoms with E-state index in [0.29, 0.717) is 17.5 Å². The minimum Gasteiger partial charge on any atom is -0.370 e. The Morgan fingerprint density at radius 2 is 2.21 bits per heavy atom. The number of carbonyl (C=O) groups excluding carboxylic acids is 1. The van der Waals surface area contributed by atoms with E-state index in [0.717, 1.165) is 25.2 Å². The minimum atomic E-state index is -0.00172. The van der Waals surface area contributed by atoms with Crippen LogP contribution in [0.4, 0.5) is 5.82 Å². The molecule has 1 aromatic rings. The summed E-state index contributed by atoms with van der Waals surface area (Å²) in [6, 6.07) is 4.07. The molecule has 0 radical (unpaired) electrons. The lowest BCUT2D eigenvalue weighted by atomic mass is 10.2. The predicted octanol–water partition coefficient (Wildman–Crippen LogP) is 2.82. The summed E-state index contributed by atoms with van der Waals surface area (Å²) in [6.07, 6.45) is 6.23. The predicted molar refractivity (Wildman–Crippen MR) is 77.3 cm³/mol. The summed E-state index contributed by atoms with van der Waals surface area (Å²) in [7, 11) is 0. The monoisotopic (exact) mass is 261 g/mol. The maximum absolute atomic E-state index is 12.0. The van der Waals surface area contributed by atoms with Gasteiger partial charge in [-0.2, -0.15) is 0 Å². The van der Waals surface area contributed by atoms with Gasteiger partial charge in [0.15, 0.2) is 0 Å². The summed E-state index contributed by atoms with van der Waals surface area (Å²) in [5, 5.41) is 6.26. The van der Waals surface area contributed by atoms with Crippen LogP contribution in [0.5, 0.6) is 0 Å². The van der Waals surface area contributed by atoms with Gasteiger partial charge in [-0.3, -0.25) is 4.79 Å². The lowest BCUT2D eigenvalue weighted by molar-refractivity contribution is 0.0948. The number of nitrogens with zero attached hydrogens (tertiary/aromatic N) is 1. The van der Waals surface area contributed by atoms with Gasteiger partial charge in [-0.25, -0.2) is 4.98 Å². The molecule has 1 aliphatic rings. The molecule has 1 amide bonds. The Hall–Kier alpha value is -1.58. The highest BCUT2D eigenvalue weighted by Crippen LogP contribution is 2.34. The van der Waals surface area contributed by atoms with Crippen molar-refractivity contribution in [2.45, 2.75) is 45.6 Å². The average Bonchev–Trinajstić information content (AvgIpc) is 3.15. The molecule has 0 bridgehead atoms. The van der Waals surface area contributed by atoms with Crippen molar-refractivity contribution < 1.29 is 4.79 Å². The van der Waals surface area contributed by atoms with Gasteiger partial charge in [0.1, 0.15) is 5.82 Å².